The van der Waals surface area contributed by atoms with E-state index in [1.54, 1.807) is 6.07 Å². The van der Waals surface area contributed by atoms with Crippen molar-refractivity contribution in [2.75, 3.05) is 5.32 Å². The topological polar surface area (TPSA) is 155 Å². The molecule has 0 spiro atoms. The van der Waals surface area contributed by atoms with Crippen LogP contribution in [0.1, 0.15) is 15.9 Å². The zero-order chi connectivity index (χ0) is 25.7. The second kappa shape index (κ2) is 10.7. The summed E-state index contributed by atoms with van der Waals surface area (Å²) in [6, 6.07) is 14.8. The van der Waals surface area contributed by atoms with Crippen molar-refractivity contribution in [3.63, 3.8) is 0 Å². The van der Waals surface area contributed by atoms with Gasteiger partial charge in [0, 0.05) is 17.3 Å². The summed E-state index contributed by atoms with van der Waals surface area (Å²) in [7, 11) is 0. The molecule has 4 rings (SSSR count). The van der Waals surface area contributed by atoms with Gasteiger partial charge in [0.1, 0.15) is 11.6 Å². The summed E-state index contributed by atoms with van der Waals surface area (Å²) < 4.78 is 29.6. The lowest BCUT2D eigenvalue weighted by Gasteiger charge is -2.22. The first-order valence-corrected chi connectivity index (χ1v) is 10.5. The molecule has 0 aliphatic carbocycles. The van der Waals surface area contributed by atoms with Crippen LogP contribution in [0.4, 0.5) is 14.9 Å². The highest BCUT2D eigenvalue weighted by Crippen LogP contribution is 2.37. The molecular formula is C24H20FN3O8. The van der Waals surface area contributed by atoms with Crippen LogP contribution in [0, 0.1) is 5.82 Å². The highest BCUT2D eigenvalue weighted by molar-refractivity contribution is 5.97. The lowest BCUT2D eigenvalue weighted by Crippen LogP contribution is -2.50. The van der Waals surface area contributed by atoms with Gasteiger partial charge in [-0.05, 0) is 60.5 Å². The number of halogens is 1. The van der Waals surface area contributed by atoms with E-state index in [0.717, 1.165) is 0 Å². The molecule has 2 amide bonds. The van der Waals surface area contributed by atoms with Gasteiger partial charge in [0.05, 0.1) is 6.04 Å². The van der Waals surface area contributed by atoms with Gasteiger partial charge < -0.3 is 24.6 Å². The van der Waals surface area contributed by atoms with Crippen molar-refractivity contribution in [1.29, 1.82) is 0 Å². The molecule has 36 heavy (non-hydrogen) atoms. The molecule has 5 N–H and O–H groups in total. The van der Waals surface area contributed by atoms with Gasteiger partial charge in [0.2, 0.25) is 5.91 Å². The molecule has 0 saturated heterocycles. The number of hydrogen-bond donors (Lipinski definition) is 5. The predicted molar refractivity (Wildman–Crippen MR) is 121 cm³/mol. The fourth-order valence-electron chi connectivity index (χ4n) is 3.45. The Labute approximate surface area is 203 Å². The van der Waals surface area contributed by atoms with Gasteiger partial charge in [-0.15, -0.1) is 0 Å². The largest absolute Gasteiger partial charge is 0.511 e. The molecule has 3 aromatic carbocycles. The minimum absolute atomic E-state index is 0.0258. The van der Waals surface area contributed by atoms with E-state index in [0.29, 0.717) is 17.0 Å². The van der Waals surface area contributed by atoms with Crippen molar-refractivity contribution in [3.8, 4) is 17.2 Å². The molecule has 0 saturated carbocycles. The average Bonchev–Trinajstić information content (AvgIpc) is 3.25. The summed E-state index contributed by atoms with van der Waals surface area (Å²) in [6.07, 6.45) is -2.53. The Morgan fingerprint density at radius 1 is 1.00 bits per heavy atom. The molecule has 2 atom stereocenters. The number of rotatable bonds is 8. The number of hydroxylamine groups is 1. The van der Waals surface area contributed by atoms with Gasteiger partial charge in [-0.25, -0.2) is 20.0 Å². The SMILES string of the molecule is O=C(O)Oc1ccc2c(c1)OC(N[C@@H](Cc1cccc(F)c1)C(=O)Nc1ccc(C(=O)NO)cc1)O2. The Kier molecular flexibility index (Phi) is 7.28. The molecule has 1 unspecified atom stereocenters. The van der Waals surface area contributed by atoms with E-state index in [9.17, 15) is 18.8 Å². The highest BCUT2D eigenvalue weighted by Gasteiger charge is 2.30. The summed E-state index contributed by atoms with van der Waals surface area (Å²) in [5.41, 5.74) is 2.60. The monoisotopic (exact) mass is 497 g/mol. The number of anilines is 1. The van der Waals surface area contributed by atoms with Crippen LogP contribution in [-0.2, 0) is 11.2 Å². The van der Waals surface area contributed by atoms with E-state index in [4.69, 9.17) is 19.8 Å². The summed E-state index contributed by atoms with van der Waals surface area (Å²) in [4.78, 5) is 35.4. The molecule has 186 valence electrons. The van der Waals surface area contributed by atoms with E-state index in [2.05, 4.69) is 15.4 Å². The summed E-state index contributed by atoms with van der Waals surface area (Å²) in [6.45, 7) is 0. The van der Waals surface area contributed by atoms with Gasteiger partial charge in [-0.1, -0.05) is 12.1 Å². The standard InChI is InChI=1S/C24H20FN3O8/c25-15-3-1-2-13(10-15)11-18(22(30)26-16-6-4-14(5-7-16)21(29)28-33)27-23-35-19-9-8-17(34-24(31)32)12-20(19)36-23/h1-10,12,18,23,27,33H,11H2,(H,26,30)(H,28,29)(H,31,32)/t18-,23?/m0/s1. The Hall–Kier alpha value is -4.68. The predicted octanol–water partition coefficient (Wildman–Crippen LogP) is 2.90. The van der Waals surface area contributed by atoms with E-state index in [1.165, 1.54) is 66.1 Å². The molecule has 0 radical (unpaired) electrons. The van der Waals surface area contributed by atoms with Crippen LogP contribution in [0.5, 0.6) is 17.2 Å². The number of carbonyl (C=O) groups excluding carboxylic acids is 2. The summed E-state index contributed by atoms with van der Waals surface area (Å²) in [5, 5.41) is 23.1. The normalized spacial score (nSPS) is 14.6. The smallest absolute Gasteiger partial charge is 0.449 e. The quantitative estimate of drug-likeness (QED) is 0.137. The Balaban J connectivity index is 1.49. The number of benzene rings is 3. The fourth-order valence-corrected chi connectivity index (χ4v) is 3.45. The Morgan fingerprint density at radius 3 is 2.44 bits per heavy atom. The van der Waals surface area contributed by atoms with Crippen molar-refractivity contribution in [1.82, 2.24) is 10.8 Å². The van der Waals surface area contributed by atoms with E-state index in [1.807, 2.05) is 0 Å². The molecule has 0 fully saturated rings. The van der Waals surface area contributed by atoms with Crippen molar-refractivity contribution in [3.05, 3.63) is 83.7 Å². The van der Waals surface area contributed by atoms with Crippen molar-refractivity contribution in [2.24, 2.45) is 0 Å². The van der Waals surface area contributed by atoms with Crippen molar-refractivity contribution >= 4 is 23.7 Å². The first-order valence-electron chi connectivity index (χ1n) is 10.5. The van der Waals surface area contributed by atoms with E-state index >= 15 is 0 Å². The number of hydrogen-bond acceptors (Lipinski definition) is 8. The Morgan fingerprint density at radius 2 is 1.75 bits per heavy atom. The molecular weight excluding hydrogens is 477 g/mol. The minimum atomic E-state index is -1.49. The second-order valence-electron chi connectivity index (χ2n) is 7.60. The van der Waals surface area contributed by atoms with Crippen LogP contribution < -0.4 is 30.3 Å². The summed E-state index contributed by atoms with van der Waals surface area (Å²) >= 11 is 0. The third-order valence-corrected chi connectivity index (χ3v) is 5.09. The molecule has 1 aliphatic heterocycles. The van der Waals surface area contributed by atoms with Gasteiger partial charge >= 0.3 is 12.6 Å². The van der Waals surface area contributed by atoms with E-state index < -0.39 is 36.2 Å². The third-order valence-electron chi connectivity index (χ3n) is 5.09. The third kappa shape index (κ3) is 6.05. The molecule has 1 heterocycles. The lowest BCUT2D eigenvalue weighted by atomic mass is 10.0. The van der Waals surface area contributed by atoms with Crippen LogP contribution >= 0.6 is 0 Å². The maximum absolute atomic E-state index is 13.7. The molecule has 0 aromatic heterocycles. The van der Waals surface area contributed by atoms with Crippen LogP contribution in [0.25, 0.3) is 0 Å². The Bertz CT molecular complexity index is 1280. The van der Waals surface area contributed by atoms with Crippen LogP contribution in [0.2, 0.25) is 0 Å². The highest BCUT2D eigenvalue weighted by atomic mass is 19.1. The number of ether oxygens (including phenoxy) is 3. The molecule has 11 nitrogen and oxygen atoms in total. The maximum atomic E-state index is 13.7. The fraction of sp³-hybridized carbons (Fsp3) is 0.125. The first kappa shape index (κ1) is 24.4. The molecule has 1 aliphatic rings. The number of amides is 2. The number of nitrogens with one attached hydrogen (secondary N) is 3. The number of carbonyl (C=O) groups is 3. The molecule has 12 heteroatoms. The lowest BCUT2D eigenvalue weighted by molar-refractivity contribution is -0.120. The van der Waals surface area contributed by atoms with Crippen LogP contribution in [0.15, 0.2) is 66.7 Å². The second-order valence-corrected chi connectivity index (χ2v) is 7.60. The summed E-state index contributed by atoms with van der Waals surface area (Å²) in [5.74, 6) is -1.14. The first-order chi connectivity index (χ1) is 17.3. The van der Waals surface area contributed by atoms with Gasteiger partial charge in [-0.2, -0.15) is 0 Å². The minimum Gasteiger partial charge on any atom is -0.449 e. The van der Waals surface area contributed by atoms with Crippen LogP contribution in [0.3, 0.4) is 0 Å². The van der Waals surface area contributed by atoms with Crippen molar-refractivity contribution < 1.29 is 43.3 Å². The van der Waals surface area contributed by atoms with E-state index in [-0.39, 0.29) is 23.5 Å². The molecule has 0 bridgehead atoms. The van der Waals surface area contributed by atoms with Crippen molar-refractivity contribution in [2.45, 2.75) is 18.9 Å². The number of carboxylic acid groups (broad SMARTS) is 1. The molecule has 3 aromatic rings. The van der Waals surface area contributed by atoms with Crippen LogP contribution in [-0.4, -0.2) is 40.7 Å². The zero-order valence-electron chi connectivity index (χ0n) is 18.4. The van der Waals surface area contributed by atoms with Gasteiger partial charge in [0.25, 0.3) is 5.91 Å². The number of fused-ring (bicyclic) bond motifs is 1. The van der Waals surface area contributed by atoms with Gasteiger partial charge in [-0.3, -0.25) is 14.8 Å². The maximum Gasteiger partial charge on any atom is 0.511 e. The zero-order valence-corrected chi connectivity index (χ0v) is 18.4. The average molecular weight is 497 g/mol. The van der Waals surface area contributed by atoms with Gasteiger partial charge in [0.15, 0.2) is 11.5 Å².